The predicted molar refractivity (Wildman–Crippen MR) is 74.1 cm³/mol. The zero-order valence-electron chi connectivity index (χ0n) is 11.6. The number of fused-ring (bicyclic) bond motifs is 1. The third-order valence-corrected chi connectivity index (χ3v) is 3.70. The molecule has 4 N–H and O–H groups in total. The number of aliphatic hydroxyl groups is 2. The average Bonchev–Trinajstić information content (AvgIpc) is 3.01. The number of nitrogens with two attached hydrogens (primary N) is 1. The molecule has 4 atom stereocenters. The van der Waals surface area contributed by atoms with Crippen LogP contribution in [0.3, 0.4) is 0 Å². The quantitative estimate of drug-likeness (QED) is 0.628. The molecule has 116 valence electrons. The van der Waals surface area contributed by atoms with Gasteiger partial charge in [0.2, 0.25) is 0 Å². The Kier molecular flexibility index (Phi) is 3.25. The lowest BCUT2D eigenvalue weighted by Gasteiger charge is -2.23. The second-order valence-electron chi connectivity index (χ2n) is 5.07. The Bertz CT molecular complexity index is 773. The lowest BCUT2D eigenvalue weighted by molar-refractivity contribution is -0.0900. The van der Waals surface area contributed by atoms with Gasteiger partial charge in [0.15, 0.2) is 29.5 Å². The summed E-state index contributed by atoms with van der Waals surface area (Å²) >= 11 is 0. The van der Waals surface area contributed by atoms with Crippen LogP contribution in [0.4, 0.5) is 10.2 Å². The first kappa shape index (κ1) is 14.6. The highest BCUT2D eigenvalue weighted by Gasteiger charge is 2.55. The zero-order chi connectivity index (χ0) is 16.1. The normalized spacial score (nSPS) is 31.5. The molecule has 0 aliphatic carbocycles. The lowest BCUT2D eigenvalue weighted by Crippen LogP contribution is -2.44. The summed E-state index contributed by atoms with van der Waals surface area (Å²) in [6.07, 6.45) is 1.74. The highest BCUT2D eigenvalue weighted by Crippen LogP contribution is 2.39. The van der Waals surface area contributed by atoms with Gasteiger partial charge in [-0.1, -0.05) is 5.92 Å². The van der Waals surface area contributed by atoms with Gasteiger partial charge in [0.05, 0.1) is 12.9 Å². The second-order valence-corrected chi connectivity index (χ2v) is 5.07. The van der Waals surface area contributed by atoms with Gasteiger partial charge in [-0.3, -0.25) is 4.57 Å². The van der Waals surface area contributed by atoms with E-state index in [1.54, 1.807) is 6.92 Å². The molecule has 2 aromatic rings. The number of nitrogen functional groups attached to an aromatic ring is 1. The number of imidazole rings is 1. The first-order valence-corrected chi connectivity index (χ1v) is 6.48. The molecule has 2 aromatic heterocycles. The minimum absolute atomic E-state index is 0.153. The minimum atomic E-state index is -1.86. The number of alkyl halides is 1. The van der Waals surface area contributed by atoms with E-state index in [4.69, 9.17) is 16.9 Å². The smallest absolute Gasteiger partial charge is 0.182 e. The Hall–Kier alpha value is -2.28. The molecule has 0 amide bonds. The Morgan fingerprint density at radius 3 is 2.91 bits per heavy atom. The monoisotopic (exact) mass is 307 g/mol. The molecule has 0 spiro atoms. The van der Waals surface area contributed by atoms with Crippen molar-refractivity contribution in [3.63, 3.8) is 0 Å². The average molecular weight is 307 g/mol. The van der Waals surface area contributed by atoms with E-state index in [2.05, 4.69) is 20.9 Å². The van der Waals surface area contributed by atoms with E-state index in [-0.39, 0.29) is 17.0 Å². The van der Waals surface area contributed by atoms with Crippen LogP contribution < -0.4 is 5.73 Å². The first-order chi connectivity index (χ1) is 10.4. The zero-order valence-corrected chi connectivity index (χ0v) is 11.6. The van der Waals surface area contributed by atoms with Crippen molar-refractivity contribution in [3.8, 4) is 12.3 Å². The van der Waals surface area contributed by atoms with Gasteiger partial charge < -0.3 is 20.7 Å². The summed E-state index contributed by atoms with van der Waals surface area (Å²) in [5, 5.41) is 19.3. The van der Waals surface area contributed by atoms with Gasteiger partial charge in [-0.25, -0.2) is 19.3 Å². The van der Waals surface area contributed by atoms with Crippen molar-refractivity contribution in [2.75, 3.05) is 12.3 Å². The molecular weight excluding hydrogens is 293 g/mol. The molecule has 0 bridgehead atoms. The maximum absolute atomic E-state index is 14.4. The van der Waals surface area contributed by atoms with Gasteiger partial charge in [0, 0.05) is 0 Å². The maximum Gasteiger partial charge on any atom is 0.182 e. The van der Waals surface area contributed by atoms with E-state index in [9.17, 15) is 14.6 Å². The van der Waals surface area contributed by atoms with Crippen molar-refractivity contribution in [1.29, 1.82) is 0 Å². The molecule has 1 aliphatic heterocycles. The third-order valence-electron chi connectivity index (χ3n) is 3.70. The molecule has 3 rings (SSSR count). The van der Waals surface area contributed by atoms with Crippen molar-refractivity contribution in [3.05, 3.63) is 12.2 Å². The fourth-order valence-electron chi connectivity index (χ4n) is 2.51. The van der Waals surface area contributed by atoms with Gasteiger partial charge in [0.25, 0.3) is 0 Å². The van der Waals surface area contributed by atoms with E-state index in [0.717, 1.165) is 0 Å². The fourth-order valence-corrected chi connectivity index (χ4v) is 2.51. The van der Waals surface area contributed by atoms with Crippen LogP contribution in [0.25, 0.3) is 11.2 Å². The SMILES string of the molecule is C#C[C@]1(CO)O[C@@H](n2cnc3c(N)nc(C)nc32)[C@H](F)[C@@H]1O. The van der Waals surface area contributed by atoms with Crippen molar-refractivity contribution >= 4 is 17.0 Å². The van der Waals surface area contributed by atoms with Crippen LogP contribution in [0.5, 0.6) is 0 Å². The summed E-state index contributed by atoms with van der Waals surface area (Å²) < 4.78 is 21.1. The number of terminal acetylenes is 1. The molecule has 0 aromatic carbocycles. The molecule has 1 fully saturated rings. The van der Waals surface area contributed by atoms with Crippen molar-refractivity contribution < 1.29 is 19.3 Å². The first-order valence-electron chi connectivity index (χ1n) is 6.48. The highest BCUT2D eigenvalue weighted by atomic mass is 19.1. The topological polar surface area (TPSA) is 119 Å². The third kappa shape index (κ3) is 1.85. The van der Waals surface area contributed by atoms with E-state index in [1.165, 1.54) is 10.9 Å². The number of hydrogen-bond donors (Lipinski definition) is 3. The maximum atomic E-state index is 14.4. The summed E-state index contributed by atoms with van der Waals surface area (Å²) in [4.78, 5) is 12.2. The van der Waals surface area contributed by atoms with Crippen LogP contribution in [0.15, 0.2) is 6.33 Å². The summed E-state index contributed by atoms with van der Waals surface area (Å²) in [6, 6.07) is 0. The number of halogens is 1. The molecule has 0 unspecified atom stereocenters. The van der Waals surface area contributed by atoms with E-state index < -0.39 is 30.7 Å². The molecule has 9 heteroatoms. The number of anilines is 1. The molecule has 3 heterocycles. The predicted octanol–water partition coefficient (Wildman–Crippen LogP) is -0.691. The standard InChI is InChI=1S/C13H14FN5O3/c1-3-13(4-20)9(21)7(14)12(22-13)19-5-16-8-10(15)17-6(2)18-11(8)19/h1,5,7,9,12,20-21H,4H2,2H3,(H2,15,17,18)/t7-,9+,12-,13-/m1/s1. The van der Waals surface area contributed by atoms with Crippen LogP contribution in [0.2, 0.25) is 0 Å². The van der Waals surface area contributed by atoms with E-state index in [1.807, 2.05) is 0 Å². The lowest BCUT2D eigenvalue weighted by atomic mass is 9.98. The number of rotatable bonds is 2. The van der Waals surface area contributed by atoms with Crippen LogP contribution in [-0.2, 0) is 4.74 Å². The van der Waals surface area contributed by atoms with Crippen LogP contribution in [0, 0.1) is 19.3 Å². The van der Waals surface area contributed by atoms with E-state index >= 15 is 0 Å². The molecule has 0 saturated carbocycles. The summed E-state index contributed by atoms with van der Waals surface area (Å²) in [7, 11) is 0. The summed E-state index contributed by atoms with van der Waals surface area (Å²) in [6.45, 7) is 0.911. The molecule has 1 aliphatic rings. The molecular formula is C13H14FN5O3. The van der Waals surface area contributed by atoms with Gasteiger partial charge in [-0.15, -0.1) is 6.42 Å². The summed E-state index contributed by atoms with van der Waals surface area (Å²) in [5.74, 6) is 2.65. The molecule has 1 saturated heterocycles. The molecule has 8 nitrogen and oxygen atoms in total. The minimum Gasteiger partial charge on any atom is -0.392 e. The number of aryl methyl sites for hydroxylation is 1. The number of aliphatic hydroxyl groups excluding tert-OH is 2. The van der Waals surface area contributed by atoms with Gasteiger partial charge in [0.1, 0.15) is 17.4 Å². The van der Waals surface area contributed by atoms with E-state index in [0.29, 0.717) is 5.82 Å². The van der Waals surface area contributed by atoms with Crippen molar-refractivity contribution in [1.82, 2.24) is 19.5 Å². The molecule has 0 radical (unpaired) electrons. The fraction of sp³-hybridized carbons (Fsp3) is 0.462. The number of hydrogen-bond acceptors (Lipinski definition) is 7. The van der Waals surface area contributed by atoms with Crippen LogP contribution in [0.1, 0.15) is 12.1 Å². The van der Waals surface area contributed by atoms with Crippen LogP contribution >= 0.6 is 0 Å². The van der Waals surface area contributed by atoms with Gasteiger partial charge >= 0.3 is 0 Å². The molecule has 22 heavy (non-hydrogen) atoms. The largest absolute Gasteiger partial charge is 0.392 e. The Morgan fingerprint density at radius 2 is 2.32 bits per heavy atom. The number of aromatic nitrogens is 4. The van der Waals surface area contributed by atoms with Crippen molar-refractivity contribution in [2.24, 2.45) is 0 Å². The number of ether oxygens (including phenoxy) is 1. The Morgan fingerprint density at radius 1 is 1.59 bits per heavy atom. The number of nitrogens with zero attached hydrogens (tertiary/aromatic N) is 4. The van der Waals surface area contributed by atoms with Gasteiger partial charge in [-0.2, -0.15) is 0 Å². The highest BCUT2D eigenvalue weighted by molar-refractivity contribution is 5.81. The Labute approximate surface area is 124 Å². The second kappa shape index (κ2) is 4.88. The van der Waals surface area contributed by atoms with Crippen LogP contribution in [-0.4, -0.2) is 54.2 Å². The van der Waals surface area contributed by atoms with Crippen molar-refractivity contribution in [2.45, 2.75) is 31.0 Å². The van der Waals surface area contributed by atoms with Gasteiger partial charge in [-0.05, 0) is 6.92 Å². The summed E-state index contributed by atoms with van der Waals surface area (Å²) in [5.41, 5.74) is 4.49. The Balaban J connectivity index is 2.11.